The van der Waals surface area contributed by atoms with Gasteiger partial charge in [-0.05, 0) is 18.9 Å². The molecule has 0 aromatic carbocycles. The maximum atomic E-state index is 4.13. The van der Waals surface area contributed by atoms with Gasteiger partial charge in [0, 0.05) is 24.0 Å². The highest BCUT2D eigenvalue weighted by atomic mass is 14.9. The highest BCUT2D eigenvalue weighted by molar-refractivity contribution is 5.09. The molecule has 1 saturated carbocycles. The molecule has 1 unspecified atom stereocenters. The van der Waals surface area contributed by atoms with Crippen molar-refractivity contribution in [2.75, 3.05) is 6.54 Å². The van der Waals surface area contributed by atoms with E-state index in [0.29, 0.717) is 6.04 Å². The summed E-state index contributed by atoms with van der Waals surface area (Å²) in [5.74, 6) is 0.882. The largest absolute Gasteiger partial charge is 0.310 e. The number of nitrogens with one attached hydrogen (secondary N) is 1. The van der Waals surface area contributed by atoms with Gasteiger partial charge in [-0.25, -0.2) is 9.97 Å². The summed E-state index contributed by atoms with van der Waals surface area (Å²) in [7, 11) is 0. The molecule has 1 atom stereocenters. The Morgan fingerprint density at radius 1 is 1.24 bits per heavy atom. The predicted molar refractivity (Wildman–Crippen MR) is 69.6 cm³/mol. The van der Waals surface area contributed by atoms with Crippen molar-refractivity contribution in [3.8, 4) is 0 Å². The standard InChI is InChI=1S/C14H23N3/c1-2-17-14(13-9-15-11-16-10-13)8-12-6-4-3-5-7-12/h9-12,14,17H,2-8H2,1H3. The van der Waals surface area contributed by atoms with Crippen LogP contribution in [0.5, 0.6) is 0 Å². The second kappa shape index (κ2) is 6.70. The van der Waals surface area contributed by atoms with E-state index in [2.05, 4.69) is 22.2 Å². The van der Waals surface area contributed by atoms with Crippen LogP contribution in [0.1, 0.15) is 57.1 Å². The van der Waals surface area contributed by atoms with Crippen LogP contribution in [0.3, 0.4) is 0 Å². The average Bonchev–Trinajstić information content (AvgIpc) is 2.40. The molecule has 1 N–H and O–H groups in total. The predicted octanol–water partition coefficient (Wildman–Crippen LogP) is 3.10. The van der Waals surface area contributed by atoms with Crippen molar-refractivity contribution in [1.29, 1.82) is 0 Å². The zero-order valence-electron chi connectivity index (χ0n) is 10.7. The molecule has 1 fully saturated rings. The Hall–Kier alpha value is -0.960. The van der Waals surface area contributed by atoms with E-state index in [1.54, 1.807) is 6.33 Å². The van der Waals surface area contributed by atoms with Gasteiger partial charge >= 0.3 is 0 Å². The molecule has 0 amide bonds. The lowest BCUT2D eigenvalue weighted by molar-refractivity contribution is 0.301. The van der Waals surface area contributed by atoms with Gasteiger partial charge in [-0.3, -0.25) is 0 Å². The molecule has 0 spiro atoms. The fraction of sp³-hybridized carbons (Fsp3) is 0.714. The normalized spacial score (nSPS) is 19.1. The molecule has 1 aliphatic carbocycles. The number of nitrogens with zero attached hydrogens (tertiary/aromatic N) is 2. The van der Waals surface area contributed by atoms with Crippen LogP contribution >= 0.6 is 0 Å². The Kier molecular flexibility index (Phi) is 4.92. The highest BCUT2D eigenvalue weighted by Gasteiger charge is 2.19. The molecule has 17 heavy (non-hydrogen) atoms. The summed E-state index contributed by atoms with van der Waals surface area (Å²) in [5, 5.41) is 3.57. The van der Waals surface area contributed by atoms with Gasteiger partial charge in [0.1, 0.15) is 6.33 Å². The van der Waals surface area contributed by atoms with Gasteiger partial charge in [-0.15, -0.1) is 0 Å². The second-order valence-electron chi connectivity index (χ2n) is 5.02. The second-order valence-corrected chi connectivity index (χ2v) is 5.02. The molecule has 1 aliphatic rings. The molecule has 1 aromatic heterocycles. The van der Waals surface area contributed by atoms with E-state index in [-0.39, 0.29) is 0 Å². The smallest absolute Gasteiger partial charge is 0.115 e. The minimum absolute atomic E-state index is 0.435. The van der Waals surface area contributed by atoms with Crippen LogP contribution < -0.4 is 5.32 Å². The van der Waals surface area contributed by atoms with E-state index in [1.807, 2.05) is 12.4 Å². The number of rotatable bonds is 5. The monoisotopic (exact) mass is 233 g/mol. The molecule has 0 radical (unpaired) electrons. The summed E-state index contributed by atoms with van der Waals surface area (Å²) >= 11 is 0. The molecule has 3 nitrogen and oxygen atoms in total. The maximum Gasteiger partial charge on any atom is 0.115 e. The third-order valence-corrected chi connectivity index (χ3v) is 3.73. The minimum Gasteiger partial charge on any atom is -0.310 e. The summed E-state index contributed by atoms with van der Waals surface area (Å²) in [4.78, 5) is 8.26. The Balaban J connectivity index is 1.96. The van der Waals surface area contributed by atoms with Crippen LogP contribution in [-0.4, -0.2) is 16.5 Å². The lowest BCUT2D eigenvalue weighted by atomic mass is 9.83. The third kappa shape index (κ3) is 3.77. The minimum atomic E-state index is 0.435. The Morgan fingerprint density at radius 3 is 2.59 bits per heavy atom. The third-order valence-electron chi connectivity index (χ3n) is 3.73. The van der Waals surface area contributed by atoms with Gasteiger partial charge in [0.25, 0.3) is 0 Å². The topological polar surface area (TPSA) is 37.8 Å². The summed E-state index contributed by atoms with van der Waals surface area (Å²) in [5.41, 5.74) is 1.24. The molecule has 94 valence electrons. The van der Waals surface area contributed by atoms with E-state index in [9.17, 15) is 0 Å². The lowest BCUT2D eigenvalue weighted by Crippen LogP contribution is -2.24. The Morgan fingerprint density at radius 2 is 1.94 bits per heavy atom. The summed E-state index contributed by atoms with van der Waals surface area (Å²) in [6.07, 6.45) is 13.8. The van der Waals surface area contributed by atoms with Crippen LogP contribution in [0.4, 0.5) is 0 Å². The van der Waals surface area contributed by atoms with E-state index in [0.717, 1.165) is 12.5 Å². The Bertz CT molecular complexity index is 307. The van der Waals surface area contributed by atoms with Crippen molar-refractivity contribution >= 4 is 0 Å². The van der Waals surface area contributed by atoms with E-state index in [4.69, 9.17) is 0 Å². The number of hydrogen-bond acceptors (Lipinski definition) is 3. The van der Waals surface area contributed by atoms with Crippen molar-refractivity contribution in [3.05, 3.63) is 24.3 Å². The van der Waals surface area contributed by atoms with Crippen LogP contribution in [0, 0.1) is 5.92 Å². The van der Waals surface area contributed by atoms with E-state index < -0.39 is 0 Å². The summed E-state index contributed by atoms with van der Waals surface area (Å²) < 4.78 is 0. The molecule has 2 rings (SSSR count). The molecule has 1 heterocycles. The van der Waals surface area contributed by atoms with E-state index in [1.165, 1.54) is 44.1 Å². The van der Waals surface area contributed by atoms with Gasteiger partial charge in [-0.2, -0.15) is 0 Å². The van der Waals surface area contributed by atoms with Crippen molar-refractivity contribution < 1.29 is 0 Å². The van der Waals surface area contributed by atoms with Crippen LogP contribution in [-0.2, 0) is 0 Å². The van der Waals surface area contributed by atoms with E-state index >= 15 is 0 Å². The molecular formula is C14H23N3. The number of hydrogen-bond donors (Lipinski definition) is 1. The quantitative estimate of drug-likeness (QED) is 0.849. The highest BCUT2D eigenvalue weighted by Crippen LogP contribution is 2.31. The lowest BCUT2D eigenvalue weighted by Gasteiger charge is -2.27. The van der Waals surface area contributed by atoms with Crippen LogP contribution in [0.2, 0.25) is 0 Å². The zero-order chi connectivity index (χ0) is 11.9. The Labute approximate surface area is 104 Å². The van der Waals surface area contributed by atoms with Crippen LogP contribution in [0.25, 0.3) is 0 Å². The van der Waals surface area contributed by atoms with Gasteiger partial charge in [0.05, 0.1) is 0 Å². The SMILES string of the molecule is CCNC(CC1CCCCC1)c1cncnc1. The molecular weight excluding hydrogens is 210 g/mol. The fourth-order valence-corrected chi connectivity index (χ4v) is 2.83. The van der Waals surface area contributed by atoms with Gasteiger partial charge in [-0.1, -0.05) is 39.0 Å². The fourth-order valence-electron chi connectivity index (χ4n) is 2.83. The van der Waals surface area contributed by atoms with Crippen LogP contribution in [0.15, 0.2) is 18.7 Å². The first-order chi connectivity index (χ1) is 8.40. The first-order valence-electron chi connectivity index (χ1n) is 6.88. The summed E-state index contributed by atoms with van der Waals surface area (Å²) in [6.45, 7) is 3.17. The molecule has 0 saturated heterocycles. The first-order valence-corrected chi connectivity index (χ1v) is 6.88. The summed E-state index contributed by atoms with van der Waals surface area (Å²) in [6, 6.07) is 0.435. The number of aromatic nitrogens is 2. The zero-order valence-corrected chi connectivity index (χ0v) is 10.7. The van der Waals surface area contributed by atoms with Crippen molar-refractivity contribution in [2.45, 2.75) is 51.5 Å². The molecule has 3 heteroatoms. The van der Waals surface area contributed by atoms with Crippen molar-refractivity contribution in [1.82, 2.24) is 15.3 Å². The maximum absolute atomic E-state index is 4.13. The molecule has 1 aromatic rings. The van der Waals surface area contributed by atoms with Crippen molar-refractivity contribution in [3.63, 3.8) is 0 Å². The average molecular weight is 233 g/mol. The van der Waals surface area contributed by atoms with Gasteiger partial charge in [0.2, 0.25) is 0 Å². The molecule has 0 bridgehead atoms. The first kappa shape index (κ1) is 12.5. The van der Waals surface area contributed by atoms with Gasteiger partial charge in [0.15, 0.2) is 0 Å². The van der Waals surface area contributed by atoms with Crippen molar-refractivity contribution in [2.24, 2.45) is 5.92 Å². The molecule has 0 aliphatic heterocycles. The van der Waals surface area contributed by atoms with Gasteiger partial charge < -0.3 is 5.32 Å².